The van der Waals surface area contributed by atoms with Crippen molar-refractivity contribution >= 4 is 51.8 Å². The van der Waals surface area contributed by atoms with E-state index < -0.39 is 0 Å². The quantitative estimate of drug-likeness (QED) is 0.418. The van der Waals surface area contributed by atoms with Crippen LogP contribution < -0.4 is 4.90 Å². The summed E-state index contributed by atoms with van der Waals surface area (Å²) in [5, 5.41) is 0.875. The second-order valence-corrected chi connectivity index (χ2v) is 7.78. The van der Waals surface area contributed by atoms with Gasteiger partial charge in [0.1, 0.15) is 11.4 Å². The number of Topliss-reactive ketones (excluding diaryl/α,β-unsaturated/α-hetero) is 1. The van der Waals surface area contributed by atoms with Crippen LogP contribution in [0.3, 0.4) is 0 Å². The second kappa shape index (κ2) is 7.51. The smallest absolute Gasteiger partial charge is 0.213 e. The van der Waals surface area contributed by atoms with Gasteiger partial charge in [-0.1, -0.05) is 78.3 Å². The Balaban J connectivity index is 1.98. The van der Waals surface area contributed by atoms with Crippen molar-refractivity contribution in [3.8, 4) is 0 Å². The van der Waals surface area contributed by atoms with Crippen molar-refractivity contribution in [3.63, 3.8) is 0 Å². The monoisotopic (exact) mass is 420 g/mol. The number of hydrogen-bond donors (Lipinski definition) is 0. The topological polar surface area (TPSA) is 32.7 Å². The van der Waals surface area contributed by atoms with Crippen LogP contribution in [-0.4, -0.2) is 11.5 Å². The number of carbonyl (C=O) groups is 1. The Labute approximate surface area is 179 Å². The molecule has 0 N–H and O–H groups in total. The third-order valence-electron chi connectivity index (χ3n) is 4.93. The molecule has 0 radical (unpaired) electrons. The van der Waals surface area contributed by atoms with E-state index in [1.165, 1.54) is 0 Å². The van der Waals surface area contributed by atoms with Gasteiger partial charge in [-0.2, -0.15) is 0 Å². The number of carbonyl (C=O) groups excluding carboxylic acids is 1. The maximum atomic E-state index is 13.3. The molecule has 0 bridgehead atoms. The van der Waals surface area contributed by atoms with Crippen LogP contribution >= 0.6 is 23.2 Å². The van der Waals surface area contributed by atoms with Gasteiger partial charge >= 0.3 is 0 Å². The van der Waals surface area contributed by atoms with Crippen LogP contribution in [0.15, 0.2) is 77.9 Å². The van der Waals surface area contributed by atoms with Crippen LogP contribution in [0.5, 0.6) is 0 Å². The molecule has 1 aliphatic heterocycles. The highest BCUT2D eigenvalue weighted by molar-refractivity contribution is 6.53. The summed E-state index contributed by atoms with van der Waals surface area (Å²) >= 11 is 12.8. The summed E-state index contributed by atoms with van der Waals surface area (Å²) in [6.45, 7) is 8.27. The van der Waals surface area contributed by atoms with Gasteiger partial charge in [0.2, 0.25) is 5.78 Å². The lowest BCUT2D eigenvalue weighted by atomic mass is 9.99. The van der Waals surface area contributed by atoms with Crippen molar-refractivity contribution in [1.29, 1.82) is 0 Å². The average Bonchev–Trinajstić information content (AvgIpc) is 2.69. The lowest BCUT2D eigenvalue weighted by Gasteiger charge is -2.34. The number of aryl methyl sites for hydroxylation is 2. The number of nitrogens with zero attached hydrogens (tertiary/aromatic N) is 2. The predicted molar refractivity (Wildman–Crippen MR) is 122 cm³/mol. The van der Waals surface area contributed by atoms with Gasteiger partial charge in [0.25, 0.3) is 0 Å². The number of aliphatic imine (C=N–C) groups is 1. The zero-order valence-corrected chi connectivity index (χ0v) is 17.6. The van der Waals surface area contributed by atoms with E-state index in [2.05, 4.69) is 11.6 Å². The summed E-state index contributed by atoms with van der Waals surface area (Å²) in [4.78, 5) is 19.8. The fraction of sp³-hybridized carbons (Fsp3) is 0.0833. The molecule has 144 valence electrons. The van der Waals surface area contributed by atoms with Gasteiger partial charge in [0, 0.05) is 10.6 Å². The molecule has 0 fully saturated rings. The summed E-state index contributed by atoms with van der Waals surface area (Å²) < 4.78 is 0. The molecule has 29 heavy (non-hydrogen) atoms. The summed E-state index contributed by atoms with van der Waals surface area (Å²) in [5.74, 6) is -0.205. The summed E-state index contributed by atoms with van der Waals surface area (Å²) in [6.07, 6.45) is 0. The van der Waals surface area contributed by atoms with Crippen molar-refractivity contribution in [3.05, 3.63) is 99.7 Å². The Morgan fingerprint density at radius 3 is 2.28 bits per heavy atom. The van der Waals surface area contributed by atoms with E-state index in [0.717, 1.165) is 16.8 Å². The lowest BCUT2D eigenvalue weighted by Crippen LogP contribution is -2.31. The van der Waals surface area contributed by atoms with E-state index in [1.54, 1.807) is 24.3 Å². The average molecular weight is 421 g/mol. The minimum absolute atomic E-state index is 0.205. The normalized spacial score (nSPS) is 13.2. The number of para-hydroxylation sites is 1. The molecule has 0 spiro atoms. The highest BCUT2D eigenvalue weighted by Gasteiger charge is 2.32. The Morgan fingerprint density at radius 2 is 1.62 bits per heavy atom. The zero-order valence-electron chi connectivity index (χ0n) is 16.0. The van der Waals surface area contributed by atoms with Crippen LogP contribution in [-0.2, 0) is 0 Å². The van der Waals surface area contributed by atoms with Gasteiger partial charge in [-0.05, 0) is 37.1 Å². The fourth-order valence-corrected chi connectivity index (χ4v) is 4.11. The van der Waals surface area contributed by atoms with Gasteiger partial charge in [0.15, 0.2) is 0 Å². The number of hydrogen-bond acceptors (Lipinski definition) is 3. The molecule has 0 amide bonds. The highest BCUT2D eigenvalue weighted by Crippen LogP contribution is 2.48. The van der Waals surface area contributed by atoms with Gasteiger partial charge in [-0.15, -0.1) is 0 Å². The minimum Gasteiger partial charge on any atom is -0.306 e. The molecule has 0 saturated carbocycles. The molecule has 1 heterocycles. The molecule has 0 unspecified atom stereocenters. The van der Waals surface area contributed by atoms with Crippen LogP contribution in [0.25, 0.3) is 0 Å². The van der Waals surface area contributed by atoms with E-state index in [0.29, 0.717) is 32.7 Å². The number of halogens is 2. The molecule has 3 aromatic carbocycles. The van der Waals surface area contributed by atoms with Gasteiger partial charge in [-0.25, -0.2) is 4.99 Å². The molecular weight excluding hydrogens is 403 g/mol. The fourth-order valence-electron chi connectivity index (χ4n) is 3.58. The van der Waals surface area contributed by atoms with Gasteiger partial charge in [0.05, 0.1) is 22.1 Å². The van der Waals surface area contributed by atoms with Crippen molar-refractivity contribution in [2.45, 2.75) is 13.8 Å². The van der Waals surface area contributed by atoms with Crippen LogP contribution in [0.4, 0.5) is 17.1 Å². The maximum absolute atomic E-state index is 13.3. The molecule has 3 nitrogen and oxygen atoms in total. The lowest BCUT2D eigenvalue weighted by molar-refractivity contribution is 0.106. The first-order chi connectivity index (χ1) is 13.9. The minimum atomic E-state index is -0.205. The van der Waals surface area contributed by atoms with E-state index in [-0.39, 0.29) is 11.5 Å². The van der Waals surface area contributed by atoms with Crippen molar-refractivity contribution < 1.29 is 4.79 Å². The number of fused-ring (bicyclic) bond motifs is 1. The Hall–Kier alpha value is -2.88. The Kier molecular flexibility index (Phi) is 5.03. The Morgan fingerprint density at radius 1 is 0.966 bits per heavy atom. The van der Waals surface area contributed by atoms with E-state index >= 15 is 0 Å². The number of ketones is 1. The molecule has 0 aromatic heterocycles. The second-order valence-electron chi connectivity index (χ2n) is 6.93. The maximum Gasteiger partial charge on any atom is 0.213 e. The first kappa shape index (κ1) is 19.4. The molecule has 1 aliphatic rings. The predicted octanol–water partition coefficient (Wildman–Crippen LogP) is 7.23. The van der Waals surface area contributed by atoms with E-state index in [4.69, 9.17) is 23.2 Å². The van der Waals surface area contributed by atoms with Crippen molar-refractivity contribution in [2.24, 2.45) is 4.99 Å². The van der Waals surface area contributed by atoms with E-state index in [1.807, 2.05) is 55.1 Å². The van der Waals surface area contributed by atoms with Gasteiger partial charge < -0.3 is 4.90 Å². The van der Waals surface area contributed by atoms with Crippen molar-refractivity contribution in [1.82, 2.24) is 0 Å². The van der Waals surface area contributed by atoms with Crippen LogP contribution in [0.2, 0.25) is 10.0 Å². The van der Waals surface area contributed by atoms with Crippen LogP contribution in [0, 0.1) is 13.8 Å². The number of anilines is 2. The Bertz CT molecular complexity index is 1160. The summed E-state index contributed by atoms with van der Waals surface area (Å²) in [7, 11) is 0. The standard InChI is InChI=1S/C24H18Cl2N2O/c1-14-8-7-9-15(2)23(14)28-16(3)21(24(29)17-10-5-4-6-11-17)27-22-19(26)12-18(25)13-20(22)28/h4-13H,3H2,1-2H3. The van der Waals surface area contributed by atoms with Crippen LogP contribution in [0.1, 0.15) is 21.5 Å². The SMILES string of the molecule is C=C1C(C(=O)c2ccccc2)=Nc2c(Cl)cc(Cl)cc2N1c1c(C)cccc1C. The largest absolute Gasteiger partial charge is 0.306 e. The molecule has 0 saturated heterocycles. The number of benzene rings is 3. The number of rotatable bonds is 3. The zero-order chi connectivity index (χ0) is 20.7. The molecule has 0 aliphatic carbocycles. The molecule has 5 heteroatoms. The first-order valence-electron chi connectivity index (χ1n) is 9.11. The molecular formula is C24H18Cl2N2O. The molecule has 4 rings (SSSR count). The summed E-state index contributed by atoms with van der Waals surface area (Å²) in [5.41, 5.74) is 5.52. The van der Waals surface area contributed by atoms with E-state index in [9.17, 15) is 4.79 Å². The number of allylic oxidation sites excluding steroid dienone is 1. The third kappa shape index (κ3) is 3.37. The first-order valence-corrected chi connectivity index (χ1v) is 9.87. The molecule has 0 atom stereocenters. The third-order valence-corrected chi connectivity index (χ3v) is 5.44. The highest BCUT2D eigenvalue weighted by atomic mass is 35.5. The van der Waals surface area contributed by atoms with Gasteiger partial charge in [-0.3, -0.25) is 4.79 Å². The summed E-state index contributed by atoms with van der Waals surface area (Å²) in [6, 6.07) is 18.5. The van der Waals surface area contributed by atoms with Crippen molar-refractivity contribution in [2.75, 3.05) is 4.90 Å². The molecule has 3 aromatic rings.